The molecular weight excluding hydrogens is 193 g/mol. The summed E-state index contributed by atoms with van der Waals surface area (Å²) in [5.74, 6) is 0. The van der Waals surface area contributed by atoms with Gasteiger partial charge in [-0.1, -0.05) is 25.1 Å². The van der Waals surface area contributed by atoms with Gasteiger partial charge < -0.3 is 18.3 Å². The minimum Gasteiger partial charge on any atom is -0.449 e. The molecule has 0 unspecified atom stereocenters. The molecule has 0 aliphatic carbocycles. The van der Waals surface area contributed by atoms with Crippen LogP contribution < -0.4 is 56.7 Å². The van der Waals surface area contributed by atoms with E-state index in [9.17, 15) is 12.9 Å². The standard InChI is InChI=1S/C6H12BF3N.K/c1-6(7(8,9)10)2-4-11-5-3-6;/h11H,2-5H2,1H3;/q-1;+1. The first-order chi connectivity index (χ1) is 4.96. The number of rotatable bonds is 1. The Labute approximate surface area is 113 Å². The van der Waals surface area contributed by atoms with Crippen molar-refractivity contribution in [2.45, 2.75) is 25.1 Å². The van der Waals surface area contributed by atoms with Gasteiger partial charge in [-0.05, 0) is 13.1 Å². The number of nitrogens with one attached hydrogen (secondary N) is 1. The van der Waals surface area contributed by atoms with Crippen molar-refractivity contribution < 1.29 is 64.3 Å². The van der Waals surface area contributed by atoms with Crippen molar-refractivity contribution in [1.29, 1.82) is 0 Å². The summed E-state index contributed by atoms with van der Waals surface area (Å²) in [6.45, 7) is -2.33. The van der Waals surface area contributed by atoms with Gasteiger partial charge in [0.2, 0.25) is 0 Å². The third-order valence-corrected chi connectivity index (χ3v) is 2.54. The Kier molecular flexibility index (Phi) is 5.38. The Morgan fingerprint density at radius 3 is 1.83 bits per heavy atom. The molecule has 0 bridgehead atoms. The minimum atomic E-state index is -4.66. The van der Waals surface area contributed by atoms with Crippen LogP contribution in [0.3, 0.4) is 0 Å². The van der Waals surface area contributed by atoms with Crippen LogP contribution in [-0.4, -0.2) is 20.1 Å². The van der Waals surface area contributed by atoms with Crippen LogP contribution in [0.25, 0.3) is 0 Å². The van der Waals surface area contributed by atoms with Gasteiger partial charge in [0.05, 0.1) is 0 Å². The monoisotopic (exact) mass is 205 g/mol. The van der Waals surface area contributed by atoms with E-state index in [4.69, 9.17) is 0 Å². The smallest absolute Gasteiger partial charge is 0.449 e. The SMILES string of the molecule is CC1([B-](F)(F)F)CCNCC1.[K+]. The van der Waals surface area contributed by atoms with Crippen LogP contribution in [0.15, 0.2) is 0 Å². The molecule has 1 aliphatic rings. The average Bonchev–Trinajstić information content (AvgIpc) is 1.87. The first-order valence-corrected chi connectivity index (χ1v) is 3.86. The molecule has 1 N–H and O–H groups in total. The molecule has 1 aliphatic heterocycles. The van der Waals surface area contributed by atoms with E-state index in [0.717, 1.165) is 0 Å². The summed E-state index contributed by atoms with van der Waals surface area (Å²) in [4.78, 5) is 0. The predicted octanol–water partition coefficient (Wildman–Crippen LogP) is -1.02. The Morgan fingerprint density at radius 2 is 1.58 bits per heavy atom. The maximum absolute atomic E-state index is 12.4. The normalized spacial score (nSPS) is 23.0. The van der Waals surface area contributed by atoms with E-state index < -0.39 is 12.3 Å². The zero-order valence-corrected chi connectivity index (χ0v) is 10.7. The molecule has 66 valence electrons. The Morgan fingerprint density at radius 1 is 1.17 bits per heavy atom. The van der Waals surface area contributed by atoms with Crippen molar-refractivity contribution in [1.82, 2.24) is 5.32 Å². The molecule has 0 radical (unpaired) electrons. The number of hydrogen-bond donors (Lipinski definition) is 1. The van der Waals surface area contributed by atoms with Crippen molar-refractivity contribution >= 4 is 6.98 Å². The van der Waals surface area contributed by atoms with Crippen molar-refractivity contribution in [2.24, 2.45) is 0 Å². The van der Waals surface area contributed by atoms with E-state index in [1.54, 1.807) is 0 Å². The zero-order valence-electron chi connectivity index (χ0n) is 7.54. The molecule has 12 heavy (non-hydrogen) atoms. The summed E-state index contributed by atoms with van der Waals surface area (Å²) in [6.07, 6.45) is 0.465. The van der Waals surface area contributed by atoms with Crippen molar-refractivity contribution in [3.63, 3.8) is 0 Å². The second-order valence-electron chi connectivity index (χ2n) is 3.48. The molecule has 1 saturated heterocycles. The fourth-order valence-corrected chi connectivity index (χ4v) is 1.33. The summed E-state index contributed by atoms with van der Waals surface area (Å²) in [7, 11) is 0. The molecule has 0 aromatic rings. The third kappa shape index (κ3) is 2.99. The molecule has 1 heterocycles. The van der Waals surface area contributed by atoms with Crippen molar-refractivity contribution in [3.05, 3.63) is 0 Å². The van der Waals surface area contributed by atoms with Crippen LogP contribution in [0.1, 0.15) is 19.8 Å². The molecule has 0 spiro atoms. The fraction of sp³-hybridized carbons (Fsp3) is 1.00. The first-order valence-electron chi connectivity index (χ1n) is 3.86. The first kappa shape index (κ1) is 13.5. The van der Waals surface area contributed by atoms with Crippen LogP contribution in [0.5, 0.6) is 0 Å². The quantitative estimate of drug-likeness (QED) is 0.540. The van der Waals surface area contributed by atoms with Gasteiger partial charge in [0.1, 0.15) is 0 Å². The second-order valence-corrected chi connectivity index (χ2v) is 3.48. The molecule has 0 saturated carbocycles. The minimum absolute atomic E-state index is 0. The third-order valence-electron chi connectivity index (χ3n) is 2.54. The Bertz CT molecular complexity index is 144. The number of piperidine rings is 1. The molecule has 0 atom stereocenters. The van der Waals surface area contributed by atoms with E-state index >= 15 is 0 Å². The fourth-order valence-electron chi connectivity index (χ4n) is 1.33. The Balaban J connectivity index is 0.00000121. The maximum atomic E-state index is 12.4. The van der Waals surface area contributed by atoms with Gasteiger partial charge in [-0.3, -0.25) is 0 Å². The maximum Gasteiger partial charge on any atom is 1.00 e. The summed E-state index contributed by atoms with van der Waals surface area (Å²) >= 11 is 0. The van der Waals surface area contributed by atoms with Crippen LogP contribution in [0, 0.1) is 0 Å². The summed E-state index contributed by atoms with van der Waals surface area (Å²) in [5.41, 5.74) is 0. The largest absolute Gasteiger partial charge is 1.00 e. The molecule has 1 fully saturated rings. The molecule has 0 aromatic heterocycles. The molecule has 0 amide bonds. The number of halogens is 3. The van der Waals surface area contributed by atoms with E-state index in [-0.39, 0.29) is 64.2 Å². The second kappa shape index (κ2) is 4.80. The van der Waals surface area contributed by atoms with E-state index in [1.165, 1.54) is 6.92 Å². The molecule has 6 heteroatoms. The van der Waals surface area contributed by atoms with Gasteiger partial charge in [-0.15, -0.1) is 0 Å². The van der Waals surface area contributed by atoms with E-state index in [2.05, 4.69) is 5.32 Å². The van der Waals surface area contributed by atoms with Gasteiger partial charge >= 0.3 is 58.4 Å². The van der Waals surface area contributed by atoms with Gasteiger partial charge in [0.25, 0.3) is 0 Å². The molecule has 1 nitrogen and oxygen atoms in total. The zero-order chi connectivity index (χ0) is 8.54. The predicted molar refractivity (Wildman–Crippen MR) is 39.5 cm³/mol. The average molecular weight is 205 g/mol. The van der Waals surface area contributed by atoms with Crippen LogP contribution in [-0.2, 0) is 0 Å². The van der Waals surface area contributed by atoms with Crippen LogP contribution in [0.4, 0.5) is 12.9 Å². The van der Waals surface area contributed by atoms with Crippen molar-refractivity contribution in [3.8, 4) is 0 Å². The van der Waals surface area contributed by atoms with E-state index in [0.29, 0.717) is 13.1 Å². The van der Waals surface area contributed by atoms with Gasteiger partial charge in [0.15, 0.2) is 0 Å². The number of hydrogen-bond acceptors (Lipinski definition) is 1. The molecule has 0 aromatic carbocycles. The van der Waals surface area contributed by atoms with E-state index in [1.807, 2.05) is 0 Å². The Hall–Kier alpha value is 1.45. The van der Waals surface area contributed by atoms with Crippen molar-refractivity contribution in [2.75, 3.05) is 13.1 Å². The summed E-state index contributed by atoms with van der Waals surface area (Å²) < 4.78 is 37.1. The van der Waals surface area contributed by atoms with Gasteiger partial charge in [0, 0.05) is 0 Å². The molecule has 1 rings (SSSR count). The topological polar surface area (TPSA) is 12.0 Å². The van der Waals surface area contributed by atoms with Gasteiger partial charge in [-0.25, -0.2) is 0 Å². The van der Waals surface area contributed by atoms with Crippen LogP contribution in [0.2, 0.25) is 5.31 Å². The summed E-state index contributed by atoms with van der Waals surface area (Å²) in [5, 5.41) is 1.54. The molecular formula is C6H12BF3KN. The van der Waals surface area contributed by atoms with Crippen LogP contribution >= 0.6 is 0 Å². The summed E-state index contributed by atoms with van der Waals surface area (Å²) in [6, 6.07) is 0. The van der Waals surface area contributed by atoms with Gasteiger partial charge in [-0.2, -0.15) is 0 Å².